The molecule has 1 N–H and O–H groups in total. The number of rotatable bonds is 5. The van der Waals surface area contributed by atoms with Gasteiger partial charge in [-0.3, -0.25) is 9.59 Å². The largest absolute Gasteiger partial charge is 0.343 e. The van der Waals surface area contributed by atoms with Gasteiger partial charge in [-0.25, -0.2) is 8.78 Å². The van der Waals surface area contributed by atoms with Gasteiger partial charge in [0, 0.05) is 19.7 Å². The monoisotopic (exact) mass is 343 g/mol. The van der Waals surface area contributed by atoms with Gasteiger partial charge in [0.25, 0.3) is 5.91 Å². The summed E-state index contributed by atoms with van der Waals surface area (Å²) in [5.41, 5.74) is 1.01. The van der Waals surface area contributed by atoms with E-state index < -0.39 is 17.5 Å². The smallest absolute Gasteiger partial charge is 0.254 e. The molecular formula is C18H15F2N3O2. The Morgan fingerprint density at radius 3 is 2.44 bits per heavy atom. The fourth-order valence-corrected chi connectivity index (χ4v) is 2.11. The molecule has 0 saturated carbocycles. The molecule has 0 fully saturated rings. The van der Waals surface area contributed by atoms with Crippen LogP contribution in [-0.4, -0.2) is 30.3 Å². The second-order valence-corrected chi connectivity index (χ2v) is 5.37. The number of nitrogens with one attached hydrogen (secondary N) is 1. The van der Waals surface area contributed by atoms with Crippen molar-refractivity contribution < 1.29 is 18.4 Å². The van der Waals surface area contributed by atoms with Crippen LogP contribution in [0.5, 0.6) is 0 Å². The van der Waals surface area contributed by atoms with E-state index in [2.05, 4.69) is 5.32 Å². The van der Waals surface area contributed by atoms with Crippen molar-refractivity contribution in [3.63, 3.8) is 0 Å². The summed E-state index contributed by atoms with van der Waals surface area (Å²) in [7, 11) is 1.56. The lowest BCUT2D eigenvalue weighted by Crippen LogP contribution is -2.38. The summed E-state index contributed by atoms with van der Waals surface area (Å²) in [6, 6.07) is 11.4. The zero-order chi connectivity index (χ0) is 18.4. The molecular weight excluding hydrogens is 328 g/mol. The summed E-state index contributed by atoms with van der Waals surface area (Å²) in [6.07, 6.45) is 0. The summed E-state index contributed by atoms with van der Waals surface area (Å²) < 4.78 is 26.3. The third-order valence-corrected chi connectivity index (χ3v) is 3.50. The lowest BCUT2D eigenvalue weighted by Gasteiger charge is -2.17. The highest BCUT2D eigenvalue weighted by Crippen LogP contribution is 2.09. The van der Waals surface area contributed by atoms with Crippen molar-refractivity contribution in [2.75, 3.05) is 13.6 Å². The molecule has 25 heavy (non-hydrogen) atoms. The van der Waals surface area contributed by atoms with Crippen molar-refractivity contribution in [2.24, 2.45) is 0 Å². The third kappa shape index (κ3) is 4.85. The standard InChI is InChI=1S/C18H15F2N3O2/c1-23(11-13-4-2-12(9-21)3-5-13)17(24)10-22-18(25)15-7-6-14(19)8-16(15)20/h2-8H,10-11H2,1H3,(H,22,25). The maximum absolute atomic E-state index is 13.5. The molecule has 0 unspecified atom stereocenters. The van der Waals surface area contributed by atoms with Crippen LogP contribution in [0, 0.1) is 23.0 Å². The molecule has 0 aromatic heterocycles. The Morgan fingerprint density at radius 1 is 1.16 bits per heavy atom. The Morgan fingerprint density at radius 2 is 1.84 bits per heavy atom. The van der Waals surface area contributed by atoms with Gasteiger partial charge in [-0.2, -0.15) is 5.26 Å². The lowest BCUT2D eigenvalue weighted by molar-refractivity contribution is -0.129. The van der Waals surface area contributed by atoms with Gasteiger partial charge < -0.3 is 10.2 Å². The average Bonchev–Trinajstić information content (AvgIpc) is 2.60. The van der Waals surface area contributed by atoms with Crippen LogP contribution in [0.3, 0.4) is 0 Å². The minimum Gasteiger partial charge on any atom is -0.343 e. The zero-order valence-corrected chi connectivity index (χ0v) is 13.4. The Labute approximate surface area is 143 Å². The minimum atomic E-state index is -0.990. The van der Waals surface area contributed by atoms with Crippen molar-refractivity contribution in [3.05, 3.63) is 70.8 Å². The Bertz CT molecular complexity index is 829. The highest BCUT2D eigenvalue weighted by Gasteiger charge is 2.15. The molecule has 5 nitrogen and oxygen atoms in total. The van der Waals surface area contributed by atoms with E-state index >= 15 is 0 Å². The first-order chi connectivity index (χ1) is 11.9. The Hall–Kier alpha value is -3.27. The zero-order valence-electron chi connectivity index (χ0n) is 13.4. The van der Waals surface area contributed by atoms with E-state index in [1.165, 1.54) is 4.90 Å². The van der Waals surface area contributed by atoms with Crippen LogP contribution in [0.15, 0.2) is 42.5 Å². The molecule has 0 aliphatic rings. The first-order valence-corrected chi connectivity index (χ1v) is 7.37. The molecule has 2 amide bonds. The predicted molar refractivity (Wildman–Crippen MR) is 86.3 cm³/mol. The van der Waals surface area contributed by atoms with E-state index in [1.807, 2.05) is 6.07 Å². The van der Waals surface area contributed by atoms with Crippen LogP contribution in [0.4, 0.5) is 8.78 Å². The quantitative estimate of drug-likeness (QED) is 0.905. The molecule has 0 spiro atoms. The van der Waals surface area contributed by atoms with Gasteiger partial charge in [0.05, 0.1) is 23.7 Å². The molecule has 0 bridgehead atoms. The van der Waals surface area contributed by atoms with Gasteiger partial charge in [-0.05, 0) is 29.8 Å². The van der Waals surface area contributed by atoms with Crippen molar-refractivity contribution in [1.29, 1.82) is 5.26 Å². The van der Waals surface area contributed by atoms with Gasteiger partial charge in [0.1, 0.15) is 11.6 Å². The number of nitriles is 1. The summed E-state index contributed by atoms with van der Waals surface area (Å²) in [5, 5.41) is 11.1. The number of carbonyl (C=O) groups is 2. The van der Waals surface area contributed by atoms with E-state index in [0.29, 0.717) is 18.2 Å². The number of likely N-dealkylation sites (N-methyl/N-ethyl adjacent to an activating group) is 1. The van der Waals surface area contributed by atoms with Gasteiger partial charge >= 0.3 is 0 Å². The van der Waals surface area contributed by atoms with E-state index in [0.717, 1.165) is 17.7 Å². The first kappa shape index (κ1) is 18.1. The van der Waals surface area contributed by atoms with Gasteiger partial charge in [-0.15, -0.1) is 0 Å². The van der Waals surface area contributed by atoms with Crippen molar-refractivity contribution >= 4 is 11.8 Å². The van der Waals surface area contributed by atoms with E-state index in [1.54, 1.807) is 31.3 Å². The number of nitrogens with zero attached hydrogens (tertiary/aromatic N) is 2. The van der Waals surface area contributed by atoms with Crippen molar-refractivity contribution in [1.82, 2.24) is 10.2 Å². The minimum absolute atomic E-state index is 0.297. The van der Waals surface area contributed by atoms with Gasteiger partial charge in [-0.1, -0.05) is 12.1 Å². The summed E-state index contributed by atoms with van der Waals surface area (Å²) in [4.78, 5) is 25.3. The molecule has 128 valence electrons. The molecule has 2 aromatic rings. The average molecular weight is 343 g/mol. The Kier molecular flexibility index (Phi) is 5.79. The Balaban J connectivity index is 1.90. The third-order valence-electron chi connectivity index (χ3n) is 3.50. The van der Waals surface area contributed by atoms with E-state index in [9.17, 15) is 18.4 Å². The van der Waals surface area contributed by atoms with Crippen LogP contribution >= 0.6 is 0 Å². The number of hydrogen-bond acceptors (Lipinski definition) is 3. The van der Waals surface area contributed by atoms with Crippen molar-refractivity contribution in [3.8, 4) is 6.07 Å². The number of carbonyl (C=O) groups excluding carboxylic acids is 2. The van der Waals surface area contributed by atoms with Crippen molar-refractivity contribution in [2.45, 2.75) is 6.54 Å². The fraction of sp³-hybridized carbons (Fsp3) is 0.167. The highest BCUT2D eigenvalue weighted by atomic mass is 19.1. The predicted octanol–water partition coefficient (Wildman–Crippen LogP) is 2.22. The first-order valence-electron chi connectivity index (χ1n) is 7.37. The van der Waals surface area contributed by atoms with E-state index in [4.69, 9.17) is 5.26 Å². The molecule has 0 aliphatic heterocycles. The van der Waals surface area contributed by atoms with Gasteiger partial charge in [0.15, 0.2) is 0 Å². The molecule has 0 heterocycles. The van der Waals surface area contributed by atoms with E-state index in [-0.39, 0.29) is 18.0 Å². The maximum Gasteiger partial charge on any atom is 0.254 e. The molecule has 0 atom stereocenters. The SMILES string of the molecule is CN(Cc1ccc(C#N)cc1)C(=O)CNC(=O)c1ccc(F)cc1F. The molecule has 7 heteroatoms. The fourth-order valence-electron chi connectivity index (χ4n) is 2.11. The van der Waals surface area contributed by atoms with Crippen LogP contribution in [-0.2, 0) is 11.3 Å². The van der Waals surface area contributed by atoms with Crippen LogP contribution in [0.1, 0.15) is 21.5 Å². The number of amides is 2. The topological polar surface area (TPSA) is 73.2 Å². The number of halogens is 2. The van der Waals surface area contributed by atoms with Crippen LogP contribution in [0.25, 0.3) is 0 Å². The van der Waals surface area contributed by atoms with Crippen LogP contribution in [0.2, 0.25) is 0 Å². The second-order valence-electron chi connectivity index (χ2n) is 5.37. The van der Waals surface area contributed by atoms with Gasteiger partial charge in [0.2, 0.25) is 5.91 Å². The second kappa shape index (κ2) is 8.02. The molecule has 2 aromatic carbocycles. The number of hydrogen-bond donors (Lipinski definition) is 1. The molecule has 0 radical (unpaired) electrons. The highest BCUT2D eigenvalue weighted by molar-refractivity contribution is 5.96. The summed E-state index contributed by atoms with van der Waals surface area (Å²) in [5.74, 6) is -2.94. The maximum atomic E-state index is 13.5. The molecule has 0 saturated heterocycles. The molecule has 0 aliphatic carbocycles. The summed E-state index contributed by atoms with van der Waals surface area (Å²) in [6.45, 7) is -0.0201. The molecule has 2 rings (SSSR count). The lowest BCUT2D eigenvalue weighted by atomic mass is 10.1. The summed E-state index contributed by atoms with van der Waals surface area (Å²) >= 11 is 0. The van der Waals surface area contributed by atoms with Crippen LogP contribution < -0.4 is 5.32 Å². The number of benzene rings is 2. The normalized spacial score (nSPS) is 10.0.